The SMILES string of the molecule is N#Cc1nc(NCc2ccc(F)cc2)ccc1[N+](=O)[O-]. The fourth-order valence-corrected chi connectivity index (χ4v) is 1.57. The van der Waals surface area contributed by atoms with Crippen molar-refractivity contribution in [3.63, 3.8) is 0 Å². The zero-order chi connectivity index (χ0) is 14.5. The maximum Gasteiger partial charge on any atom is 0.305 e. The van der Waals surface area contributed by atoms with Gasteiger partial charge in [0.2, 0.25) is 5.69 Å². The maximum atomic E-state index is 12.7. The van der Waals surface area contributed by atoms with Crippen molar-refractivity contribution in [2.24, 2.45) is 0 Å². The van der Waals surface area contributed by atoms with Crippen LogP contribution < -0.4 is 5.32 Å². The van der Waals surface area contributed by atoms with Crippen LogP contribution in [0.3, 0.4) is 0 Å². The van der Waals surface area contributed by atoms with E-state index in [0.717, 1.165) is 5.56 Å². The number of aromatic nitrogens is 1. The van der Waals surface area contributed by atoms with Gasteiger partial charge in [-0.2, -0.15) is 5.26 Å². The van der Waals surface area contributed by atoms with E-state index < -0.39 is 4.92 Å². The lowest BCUT2D eigenvalue weighted by Gasteiger charge is -2.06. The number of benzene rings is 1. The van der Waals surface area contributed by atoms with Crippen LogP contribution in [0.1, 0.15) is 11.3 Å². The van der Waals surface area contributed by atoms with Crippen LogP contribution in [0, 0.1) is 27.3 Å². The molecular formula is C13H9FN4O2. The minimum Gasteiger partial charge on any atom is -0.366 e. The monoisotopic (exact) mass is 272 g/mol. The molecule has 7 heteroatoms. The largest absolute Gasteiger partial charge is 0.366 e. The average Bonchev–Trinajstić information content (AvgIpc) is 2.46. The molecule has 0 radical (unpaired) electrons. The molecule has 0 amide bonds. The van der Waals surface area contributed by atoms with Crippen molar-refractivity contribution in [1.29, 1.82) is 5.26 Å². The Hall–Kier alpha value is -3.01. The van der Waals surface area contributed by atoms with Gasteiger partial charge in [-0.3, -0.25) is 10.1 Å². The van der Waals surface area contributed by atoms with E-state index in [1.165, 1.54) is 24.3 Å². The third-order valence-electron chi connectivity index (χ3n) is 2.56. The van der Waals surface area contributed by atoms with Crippen LogP contribution in [-0.4, -0.2) is 9.91 Å². The van der Waals surface area contributed by atoms with Gasteiger partial charge in [0.05, 0.1) is 4.92 Å². The first kappa shape index (κ1) is 13.4. The van der Waals surface area contributed by atoms with Crippen molar-refractivity contribution in [3.8, 4) is 6.07 Å². The normalized spacial score (nSPS) is 9.80. The van der Waals surface area contributed by atoms with Gasteiger partial charge < -0.3 is 5.32 Å². The summed E-state index contributed by atoms with van der Waals surface area (Å²) in [7, 11) is 0. The predicted molar refractivity (Wildman–Crippen MR) is 69.3 cm³/mol. The van der Waals surface area contributed by atoms with Crippen molar-refractivity contribution < 1.29 is 9.31 Å². The molecule has 0 unspecified atom stereocenters. The van der Waals surface area contributed by atoms with Crippen molar-refractivity contribution in [3.05, 3.63) is 63.6 Å². The molecule has 2 rings (SSSR count). The third kappa shape index (κ3) is 3.05. The highest BCUT2D eigenvalue weighted by atomic mass is 19.1. The number of nitrogens with one attached hydrogen (secondary N) is 1. The van der Waals surface area contributed by atoms with E-state index >= 15 is 0 Å². The van der Waals surface area contributed by atoms with Gasteiger partial charge in [-0.25, -0.2) is 9.37 Å². The second-order valence-corrected chi connectivity index (χ2v) is 3.91. The second kappa shape index (κ2) is 5.75. The van der Waals surface area contributed by atoms with E-state index in [-0.39, 0.29) is 17.2 Å². The number of halogens is 1. The molecule has 2 aromatic rings. The molecule has 20 heavy (non-hydrogen) atoms. The van der Waals surface area contributed by atoms with Crippen LogP contribution >= 0.6 is 0 Å². The molecule has 0 bridgehead atoms. The lowest BCUT2D eigenvalue weighted by Crippen LogP contribution is -2.03. The Bertz CT molecular complexity index is 680. The van der Waals surface area contributed by atoms with Crippen LogP contribution in [0.5, 0.6) is 0 Å². The number of anilines is 1. The van der Waals surface area contributed by atoms with E-state index in [9.17, 15) is 14.5 Å². The summed E-state index contributed by atoms with van der Waals surface area (Å²) in [5.74, 6) is 0.0189. The molecule has 1 aromatic carbocycles. The number of hydrogen-bond acceptors (Lipinski definition) is 5. The highest BCUT2D eigenvalue weighted by Gasteiger charge is 2.15. The Balaban J connectivity index is 2.12. The first-order chi connectivity index (χ1) is 9.60. The summed E-state index contributed by atoms with van der Waals surface area (Å²) in [4.78, 5) is 13.9. The van der Waals surface area contributed by atoms with Crippen LogP contribution in [0.15, 0.2) is 36.4 Å². The number of hydrogen-bond donors (Lipinski definition) is 1. The quantitative estimate of drug-likeness (QED) is 0.682. The maximum absolute atomic E-state index is 12.7. The minimum absolute atomic E-state index is 0.251. The first-order valence-electron chi connectivity index (χ1n) is 5.64. The summed E-state index contributed by atoms with van der Waals surface area (Å²) in [5, 5.41) is 22.4. The number of rotatable bonds is 4. The summed E-state index contributed by atoms with van der Waals surface area (Å²) in [5.41, 5.74) is 0.240. The molecule has 0 saturated carbocycles. The van der Waals surface area contributed by atoms with Gasteiger partial charge in [0.15, 0.2) is 0 Å². The summed E-state index contributed by atoms with van der Waals surface area (Å²) in [6.07, 6.45) is 0. The van der Waals surface area contributed by atoms with Gasteiger partial charge in [-0.05, 0) is 23.8 Å². The molecule has 0 fully saturated rings. The fourth-order valence-electron chi connectivity index (χ4n) is 1.57. The fraction of sp³-hybridized carbons (Fsp3) is 0.0769. The summed E-state index contributed by atoms with van der Waals surface area (Å²) < 4.78 is 12.7. The van der Waals surface area contributed by atoms with Gasteiger partial charge in [0.25, 0.3) is 0 Å². The van der Waals surface area contributed by atoms with Gasteiger partial charge in [0, 0.05) is 12.6 Å². The third-order valence-corrected chi connectivity index (χ3v) is 2.56. The number of nitrogens with zero attached hydrogens (tertiary/aromatic N) is 3. The Labute approximate surface area is 113 Å². The number of nitriles is 1. The molecular weight excluding hydrogens is 263 g/mol. The van der Waals surface area contributed by atoms with Crippen LogP contribution in [-0.2, 0) is 6.54 Å². The molecule has 0 saturated heterocycles. The van der Waals surface area contributed by atoms with Gasteiger partial charge in [0.1, 0.15) is 17.7 Å². The van der Waals surface area contributed by atoms with Crippen LogP contribution in [0.25, 0.3) is 0 Å². The molecule has 6 nitrogen and oxygen atoms in total. The summed E-state index contributed by atoms with van der Waals surface area (Å²) in [6, 6.07) is 10.2. The van der Waals surface area contributed by atoms with E-state index in [0.29, 0.717) is 12.4 Å². The first-order valence-corrected chi connectivity index (χ1v) is 5.64. The van der Waals surface area contributed by atoms with E-state index in [1.54, 1.807) is 18.2 Å². The van der Waals surface area contributed by atoms with Gasteiger partial charge in [-0.1, -0.05) is 12.1 Å². The standard InChI is InChI=1S/C13H9FN4O2/c14-10-3-1-9(2-4-10)8-16-13-6-5-12(18(19)20)11(7-15)17-13/h1-6H,8H2,(H,16,17). The molecule has 1 heterocycles. The molecule has 0 aliphatic rings. The van der Waals surface area contributed by atoms with E-state index in [2.05, 4.69) is 10.3 Å². The van der Waals surface area contributed by atoms with Crippen molar-refractivity contribution in [1.82, 2.24) is 4.98 Å². The minimum atomic E-state index is -0.657. The molecule has 100 valence electrons. The molecule has 0 aliphatic carbocycles. The Kier molecular flexibility index (Phi) is 3.86. The van der Waals surface area contributed by atoms with Crippen molar-refractivity contribution in [2.75, 3.05) is 5.32 Å². The molecule has 0 aliphatic heterocycles. The lowest BCUT2D eigenvalue weighted by molar-refractivity contribution is -0.385. The smallest absolute Gasteiger partial charge is 0.305 e. The van der Waals surface area contributed by atoms with Gasteiger partial charge >= 0.3 is 5.69 Å². The van der Waals surface area contributed by atoms with Gasteiger partial charge in [-0.15, -0.1) is 0 Å². The van der Waals surface area contributed by atoms with E-state index in [4.69, 9.17) is 5.26 Å². The lowest BCUT2D eigenvalue weighted by atomic mass is 10.2. The Morgan fingerprint density at radius 2 is 2.00 bits per heavy atom. The predicted octanol–water partition coefficient (Wildman–Crippen LogP) is 2.61. The Morgan fingerprint density at radius 1 is 1.30 bits per heavy atom. The highest BCUT2D eigenvalue weighted by Crippen LogP contribution is 2.18. The summed E-state index contributed by atoms with van der Waals surface area (Å²) >= 11 is 0. The zero-order valence-corrected chi connectivity index (χ0v) is 10.2. The van der Waals surface area contributed by atoms with Crippen molar-refractivity contribution >= 4 is 11.5 Å². The molecule has 0 atom stereocenters. The van der Waals surface area contributed by atoms with Crippen LogP contribution in [0.4, 0.5) is 15.9 Å². The average molecular weight is 272 g/mol. The number of pyridine rings is 1. The summed E-state index contributed by atoms with van der Waals surface area (Å²) in [6.45, 7) is 0.371. The Morgan fingerprint density at radius 3 is 2.60 bits per heavy atom. The van der Waals surface area contributed by atoms with Crippen molar-refractivity contribution in [2.45, 2.75) is 6.54 Å². The second-order valence-electron chi connectivity index (χ2n) is 3.91. The molecule has 1 aromatic heterocycles. The zero-order valence-electron chi connectivity index (χ0n) is 10.2. The van der Waals surface area contributed by atoms with Crippen LogP contribution in [0.2, 0.25) is 0 Å². The van der Waals surface area contributed by atoms with E-state index in [1.807, 2.05) is 0 Å². The highest BCUT2D eigenvalue weighted by molar-refractivity contribution is 5.50. The molecule has 0 spiro atoms. The topological polar surface area (TPSA) is 91.8 Å². The molecule has 1 N–H and O–H groups in total. The number of nitro groups is 1.